The van der Waals surface area contributed by atoms with Crippen LogP contribution in [-0.2, 0) is 24.2 Å². The number of sulfone groups is 1. The zero-order valence-electron chi connectivity index (χ0n) is 12.2. The van der Waals surface area contributed by atoms with Crippen molar-refractivity contribution < 1.29 is 27.9 Å². The number of nitrogens with one attached hydrogen (secondary N) is 1. The van der Waals surface area contributed by atoms with Crippen LogP contribution in [0.2, 0.25) is 0 Å². The Morgan fingerprint density at radius 3 is 2.71 bits per heavy atom. The lowest BCUT2D eigenvalue weighted by Gasteiger charge is -2.38. The number of hydrogen-bond acceptors (Lipinski definition) is 6. The molecule has 2 atom stereocenters. The average molecular weight is 322 g/mol. The summed E-state index contributed by atoms with van der Waals surface area (Å²) in [6, 6.07) is -1.26. The van der Waals surface area contributed by atoms with E-state index in [4.69, 9.17) is 9.84 Å². The molecular formula is C12H22N2O6S. The molecule has 1 aliphatic heterocycles. The Labute approximate surface area is 124 Å². The topological polar surface area (TPSA) is 113 Å². The van der Waals surface area contributed by atoms with Crippen molar-refractivity contribution in [1.29, 1.82) is 0 Å². The summed E-state index contributed by atoms with van der Waals surface area (Å²) in [6.45, 7) is 2.55. The smallest absolute Gasteiger partial charge is 0.304 e. The lowest BCUT2D eigenvalue weighted by molar-refractivity contribution is -0.139. The van der Waals surface area contributed by atoms with Gasteiger partial charge >= 0.3 is 5.97 Å². The first-order valence-corrected chi connectivity index (χ1v) is 8.53. The molecule has 0 bridgehead atoms. The van der Waals surface area contributed by atoms with Crippen LogP contribution in [0.5, 0.6) is 0 Å². The molecule has 0 aliphatic carbocycles. The van der Waals surface area contributed by atoms with Crippen LogP contribution in [0.4, 0.5) is 0 Å². The number of hydrogen-bond donors (Lipinski definition) is 2. The number of ether oxygens (including phenoxy) is 1. The molecule has 1 aliphatic rings. The molecule has 1 rings (SSSR count). The van der Waals surface area contributed by atoms with Crippen molar-refractivity contribution in [1.82, 2.24) is 10.2 Å². The van der Waals surface area contributed by atoms with E-state index in [2.05, 4.69) is 5.32 Å². The largest absolute Gasteiger partial charge is 0.481 e. The van der Waals surface area contributed by atoms with E-state index in [0.29, 0.717) is 13.2 Å². The van der Waals surface area contributed by atoms with Gasteiger partial charge in [0.1, 0.15) is 0 Å². The summed E-state index contributed by atoms with van der Waals surface area (Å²) in [5, 5.41) is 11.6. The lowest BCUT2D eigenvalue weighted by atomic mass is 10.1. The van der Waals surface area contributed by atoms with Gasteiger partial charge in [-0.25, -0.2) is 8.42 Å². The molecule has 0 radical (unpaired) electrons. The highest BCUT2D eigenvalue weighted by molar-refractivity contribution is 7.91. The van der Waals surface area contributed by atoms with Gasteiger partial charge in [0.05, 0.1) is 30.6 Å². The van der Waals surface area contributed by atoms with Crippen LogP contribution >= 0.6 is 0 Å². The second-order valence-electron chi connectivity index (χ2n) is 5.06. The van der Waals surface area contributed by atoms with E-state index >= 15 is 0 Å². The number of carboxylic acids is 1. The van der Waals surface area contributed by atoms with Gasteiger partial charge in [-0.05, 0) is 6.92 Å². The van der Waals surface area contributed by atoms with Crippen LogP contribution < -0.4 is 5.32 Å². The first-order valence-electron chi connectivity index (χ1n) is 6.71. The van der Waals surface area contributed by atoms with Gasteiger partial charge in [0.15, 0.2) is 9.84 Å². The van der Waals surface area contributed by atoms with Gasteiger partial charge in [-0.2, -0.15) is 0 Å². The van der Waals surface area contributed by atoms with Crippen LogP contribution in [0, 0.1) is 0 Å². The second kappa shape index (κ2) is 7.71. The SMILES string of the molecule is COCCNC(=O)C(C)N1CCS(=O)(=O)CC1CC(=O)O. The Kier molecular flexibility index (Phi) is 6.56. The zero-order valence-corrected chi connectivity index (χ0v) is 13.1. The Hall–Kier alpha value is -1.19. The number of rotatable bonds is 7. The summed E-state index contributed by atoms with van der Waals surface area (Å²) in [6.07, 6.45) is -0.297. The second-order valence-corrected chi connectivity index (χ2v) is 7.29. The zero-order chi connectivity index (χ0) is 16.0. The van der Waals surface area contributed by atoms with Gasteiger partial charge < -0.3 is 15.2 Å². The average Bonchev–Trinajstić information content (AvgIpc) is 2.36. The summed E-state index contributed by atoms with van der Waals surface area (Å²) in [5.41, 5.74) is 0. The maximum Gasteiger partial charge on any atom is 0.304 e. The monoisotopic (exact) mass is 322 g/mol. The van der Waals surface area contributed by atoms with Gasteiger partial charge in [0.2, 0.25) is 5.91 Å². The van der Waals surface area contributed by atoms with E-state index in [1.807, 2.05) is 0 Å². The summed E-state index contributed by atoms with van der Waals surface area (Å²) in [4.78, 5) is 24.5. The highest BCUT2D eigenvalue weighted by atomic mass is 32.2. The number of carbonyl (C=O) groups excluding carboxylic acids is 1. The fourth-order valence-electron chi connectivity index (χ4n) is 2.36. The van der Waals surface area contributed by atoms with Crippen molar-refractivity contribution in [2.75, 3.05) is 38.3 Å². The molecule has 1 fully saturated rings. The van der Waals surface area contributed by atoms with Crippen molar-refractivity contribution in [3.63, 3.8) is 0 Å². The van der Waals surface area contributed by atoms with Crippen molar-refractivity contribution in [3.8, 4) is 0 Å². The number of amides is 1. The summed E-state index contributed by atoms with van der Waals surface area (Å²) < 4.78 is 28.1. The third-order valence-electron chi connectivity index (χ3n) is 3.47. The normalized spacial score (nSPS) is 23.4. The van der Waals surface area contributed by atoms with E-state index in [9.17, 15) is 18.0 Å². The fraction of sp³-hybridized carbons (Fsp3) is 0.833. The lowest BCUT2D eigenvalue weighted by Crippen LogP contribution is -2.57. The molecule has 1 heterocycles. The number of nitrogens with zero attached hydrogens (tertiary/aromatic N) is 1. The van der Waals surface area contributed by atoms with Crippen molar-refractivity contribution >= 4 is 21.7 Å². The molecule has 2 unspecified atom stereocenters. The number of carboxylic acid groups (broad SMARTS) is 1. The quantitative estimate of drug-likeness (QED) is 0.561. The maximum atomic E-state index is 12.0. The Bertz CT molecular complexity index is 478. The first kappa shape index (κ1) is 17.9. The minimum absolute atomic E-state index is 0.0567. The molecule has 0 aromatic carbocycles. The van der Waals surface area contributed by atoms with Gasteiger partial charge in [0, 0.05) is 26.2 Å². The van der Waals surface area contributed by atoms with Crippen LogP contribution in [0.25, 0.3) is 0 Å². The minimum Gasteiger partial charge on any atom is -0.481 e. The van der Waals surface area contributed by atoms with Crippen LogP contribution in [0.3, 0.4) is 0 Å². The molecule has 0 aromatic rings. The Morgan fingerprint density at radius 1 is 1.48 bits per heavy atom. The van der Waals surface area contributed by atoms with E-state index in [1.165, 1.54) is 7.11 Å². The van der Waals surface area contributed by atoms with Gasteiger partial charge in [-0.1, -0.05) is 0 Å². The number of methoxy groups -OCH3 is 1. The van der Waals surface area contributed by atoms with Crippen molar-refractivity contribution in [3.05, 3.63) is 0 Å². The highest BCUT2D eigenvalue weighted by Crippen LogP contribution is 2.18. The molecule has 0 spiro atoms. The maximum absolute atomic E-state index is 12.0. The predicted molar refractivity (Wildman–Crippen MR) is 75.7 cm³/mol. The highest BCUT2D eigenvalue weighted by Gasteiger charge is 2.37. The molecule has 9 heteroatoms. The van der Waals surface area contributed by atoms with Gasteiger partial charge in [-0.15, -0.1) is 0 Å². The molecule has 0 saturated carbocycles. The minimum atomic E-state index is -3.25. The van der Waals surface area contributed by atoms with Crippen LogP contribution in [-0.4, -0.2) is 80.7 Å². The van der Waals surface area contributed by atoms with Crippen molar-refractivity contribution in [2.45, 2.75) is 25.4 Å². The molecule has 0 aromatic heterocycles. The fourth-order valence-corrected chi connectivity index (χ4v) is 3.91. The molecule has 1 saturated heterocycles. The number of carbonyl (C=O) groups is 2. The van der Waals surface area contributed by atoms with E-state index in [1.54, 1.807) is 11.8 Å². The molecule has 8 nitrogen and oxygen atoms in total. The Morgan fingerprint density at radius 2 is 2.14 bits per heavy atom. The first-order chi connectivity index (χ1) is 9.76. The third-order valence-corrected chi connectivity index (χ3v) is 5.17. The molecule has 2 N–H and O–H groups in total. The summed E-state index contributed by atoms with van der Waals surface area (Å²) in [7, 11) is -1.73. The predicted octanol–water partition coefficient (Wildman–Crippen LogP) is -1.29. The standard InChI is InChI=1S/C12H22N2O6S/c1-9(12(17)13-3-5-20-2)14-4-6-21(18,19)8-10(14)7-11(15)16/h9-10H,3-8H2,1-2H3,(H,13,17)(H,15,16). The van der Waals surface area contributed by atoms with E-state index in [-0.39, 0.29) is 30.4 Å². The van der Waals surface area contributed by atoms with Crippen molar-refractivity contribution in [2.24, 2.45) is 0 Å². The summed E-state index contributed by atoms with van der Waals surface area (Å²) in [5.74, 6) is -1.62. The van der Waals surface area contributed by atoms with Gasteiger partial charge in [-0.3, -0.25) is 14.5 Å². The van der Waals surface area contributed by atoms with Crippen LogP contribution in [0.15, 0.2) is 0 Å². The molecular weight excluding hydrogens is 300 g/mol. The molecule has 21 heavy (non-hydrogen) atoms. The van der Waals surface area contributed by atoms with E-state index in [0.717, 1.165) is 0 Å². The van der Waals surface area contributed by atoms with Gasteiger partial charge in [0.25, 0.3) is 0 Å². The van der Waals surface area contributed by atoms with Crippen LogP contribution in [0.1, 0.15) is 13.3 Å². The summed E-state index contributed by atoms with van der Waals surface area (Å²) >= 11 is 0. The Balaban J connectivity index is 2.72. The third kappa shape index (κ3) is 5.60. The van der Waals surface area contributed by atoms with E-state index < -0.39 is 27.9 Å². The number of aliphatic carboxylic acids is 1. The molecule has 1 amide bonds. The molecule has 122 valence electrons.